The van der Waals surface area contributed by atoms with Gasteiger partial charge in [0.1, 0.15) is 0 Å². The van der Waals surface area contributed by atoms with Gasteiger partial charge in [-0.25, -0.2) is 0 Å². The van der Waals surface area contributed by atoms with Crippen molar-refractivity contribution in [2.45, 2.75) is 64.7 Å². The molecular formula is C18H25Cl2N. The van der Waals surface area contributed by atoms with Crippen molar-refractivity contribution in [3.05, 3.63) is 33.9 Å². The van der Waals surface area contributed by atoms with Crippen LogP contribution in [0, 0.1) is 0 Å². The third kappa shape index (κ3) is 4.93. The van der Waals surface area contributed by atoms with Gasteiger partial charge in [-0.05, 0) is 30.5 Å². The highest BCUT2D eigenvalue weighted by atomic mass is 35.5. The number of halogens is 2. The zero-order valence-corrected chi connectivity index (χ0v) is 14.4. The number of benzene rings is 1. The third-order valence-corrected chi connectivity index (χ3v) is 4.61. The molecule has 3 heteroatoms. The molecule has 0 saturated heterocycles. The fraction of sp³-hybridized carbons (Fsp3) is 0.556. The van der Waals surface area contributed by atoms with E-state index in [1.54, 1.807) is 6.07 Å². The number of aryl methyl sites for hydroxylation is 1. The topological polar surface area (TPSA) is 15.8 Å². The molecule has 1 nitrogen and oxygen atoms in total. The molecule has 0 amide bonds. The predicted molar refractivity (Wildman–Crippen MR) is 94.6 cm³/mol. The molecule has 116 valence electrons. The lowest BCUT2D eigenvalue weighted by atomic mass is 10.0. The minimum absolute atomic E-state index is 0.708. The Labute approximate surface area is 138 Å². The molecule has 0 spiro atoms. The molecule has 1 aromatic heterocycles. The zero-order valence-electron chi connectivity index (χ0n) is 12.9. The van der Waals surface area contributed by atoms with E-state index >= 15 is 0 Å². The van der Waals surface area contributed by atoms with E-state index in [0.29, 0.717) is 10.0 Å². The number of nitrogens with one attached hydrogen (secondary N) is 1. The standard InChI is InChI=1S/C18H25Cl2N/c1-2-3-4-5-6-7-8-9-10-14-13-21-18-16(14)11-15(19)12-17(18)20/h11-13,21H,2-10H2,1H3. The molecule has 0 fully saturated rings. The van der Waals surface area contributed by atoms with Gasteiger partial charge < -0.3 is 4.98 Å². The van der Waals surface area contributed by atoms with Crippen LogP contribution in [0.25, 0.3) is 10.9 Å². The van der Waals surface area contributed by atoms with Gasteiger partial charge in [0.05, 0.1) is 10.5 Å². The van der Waals surface area contributed by atoms with Crippen molar-refractivity contribution in [2.75, 3.05) is 0 Å². The van der Waals surface area contributed by atoms with Gasteiger partial charge in [-0.1, -0.05) is 75.1 Å². The summed E-state index contributed by atoms with van der Waals surface area (Å²) in [7, 11) is 0. The highest BCUT2D eigenvalue weighted by molar-refractivity contribution is 6.38. The number of hydrogen-bond acceptors (Lipinski definition) is 0. The van der Waals surface area contributed by atoms with Gasteiger partial charge >= 0.3 is 0 Å². The van der Waals surface area contributed by atoms with E-state index in [4.69, 9.17) is 23.2 Å². The summed E-state index contributed by atoms with van der Waals surface area (Å²) in [6.07, 6.45) is 14.0. The maximum atomic E-state index is 6.20. The minimum Gasteiger partial charge on any atom is -0.360 e. The molecule has 0 aliphatic carbocycles. The lowest BCUT2D eigenvalue weighted by Crippen LogP contribution is -1.85. The van der Waals surface area contributed by atoms with Crippen LogP contribution in [0.3, 0.4) is 0 Å². The average molecular weight is 326 g/mol. The van der Waals surface area contributed by atoms with Crippen LogP contribution >= 0.6 is 23.2 Å². The normalized spacial score (nSPS) is 11.4. The molecule has 2 aromatic rings. The molecule has 1 heterocycles. The Morgan fingerprint density at radius 2 is 1.57 bits per heavy atom. The van der Waals surface area contributed by atoms with Crippen LogP contribution in [0.5, 0.6) is 0 Å². The van der Waals surface area contributed by atoms with Crippen molar-refractivity contribution in [2.24, 2.45) is 0 Å². The monoisotopic (exact) mass is 325 g/mol. The van der Waals surface area contributed by atoms with Crippen molar-refractivity contribution in [1.82, 2.24) is 4.98 Å². The van der Waals surface area contributed by atoms with E-state index in [1.165, 1.54) is 62.3 Å². The number of H-pyrrole nitrogens is 1. The summed E-state index contributed by atoms with van der Waals surface area (Å²) in [6, 6.07) is 3.81. The first-order valence-corrected chi connectivity index (χ1v) is 8.93. The van der Waals surface area contributed by atoms with E-state index in [1.807, 2.05) is 6.07 Å². The molecule has 0 aliphatic heterocycles. The maximum Gasteiger partial charge on any atom is 0.0661 e. The second-order valence-electron chi connectivity index (χ2n) is 5.85. The van der Waals surface area contributed by atoms with E-state index in [2.05, 4.69) is 18.1 Å². The first-order valence-electron chi connectivity index (χ1n) is 8.17. The Morgan fingerprint density at radius 3 is 2.29 bits per heavy atom. The molecule has 21 heavy (non-hydrogen) atoms. The van der Waals surface area contributed by atoms with Crippen LogP contribution < -0.4 is 0 Å². The Balaban J connectivity index is 1.76. The van der Waals surface area contributed by atoms with Crippen molar-refractivity contribution in [1.29, 1.82) is 0 Å². The van der Waals surface area contributed by atoms with Crippen molar-refractivity contribution in [3.63, 3.8) is 0 Å². The summed E-state index contributed by atoms with van der Waals surface area (Å²) in [6.45, 7) is 2.26. The number of aromatic amines is 1. The van der Waals surface area contributed by atoms with E-state index < -0.39 is 0 Å². The number of rotatable bonds is 9. The van der Waals surface area contributed by atoms with Gasteiger partial charge in [0.15, 0.2) is 0 Å². The van der Waals surface area contributed by atoms with Crippen LogP contribution in [0.15, 0.2) is 18.3 Å². The number of aromatic nitrogens is 1. The SMILES string of the molecule is CCCCCCCCCCc1c[nH]c2c(Cl)cc(Cl)cc12. The average Bonchev–Trinajstić information content (AvgIpc) is 2.85. The van der Waals surface area contributed by atoms with Crippen LogP contribution in [-0.4, -0.2) is 4.98 Å². The van der Waals surface area contributed by atoms with Gasteiger partial charge in [-0.15, -0.1) is 0 Å². The van der Waals surface area contributed by atoms with E-state index in [0.717, 1.165) is 11.9 Å². The summed E-state index contributed by atoms with van der Waals surface area (Å²) >= 11 is 12.3. The summed E-state index contributed by atoms with van der Waals surface area (Å²) in [4.78, 5) is 3.27. The fourth-order valence-corrected chi connectivity index (χ4v) is 3.41. The lowest BCUT2D eigenvalue weighted by molar-refractivity contribution is 0.576. The maximum absolute atomic E-state index is 6.20. The van der Waals surface area contributed by atoms with Gasteiger partial charge in [0.2, 0.25) is 0 Å². The zero-order chi connectivity index (χ0) is 15.1. The van der Waals surface area contributed by atoms with Gasteiger partial charge in [-0.3, -0.25) is 0 Å². The van der Waals surface area contributed by atoms with Crippen molar-refractivity contribution < 1.29 is 0 Å². The summed E-state index contributed by atoms with van der Waals surface area (Å²) in [5.74, 6) is 0. The van der Waals surface area contributed by atoms with Gasteiger partial charge in [0.25, 0.3) is 0 Å². The largest absolute Gasteiger partial charge is 0.360 e. The molecule has 0 radical (unpaired) electrons. The smallest absolute Gasteiger partial charge is 0.0661 e. The van der Waals surface area contributed by atoms with E-state index in [-0.39, 0.29) is 0 Å². The first-order chi connectivity index (χ1) is 10.2. The minimum atomic E-state index is 0.708. The molecule has 1 N–H and O–H groups in total. The van der Waals surface area contributed by atoms with Crippen LogP contribution in [-0.2, 0) is 6.42 Å². The first kappa shape index (κ1) is 16.7. The number of hydrogen-bond donors (Lipinski definition) is 1. The van der Waals surface area contributed by atoms with E-state index in [9.17, 15) is 0 Å². The molecular weight excluding hydrogens is 301 g/mol. The molecule has 0 unspecified atom stereocenters. The number of unbranched alkanes of at least 4 members (excludes halogenated alkanes) is 7. The highest BCUT2D eigenvalue weighted by Gasteiger charge is 2.08. The highest BCUT2D eigenvalue weighted by Crippen LogP contribution is 2.30. The van der Waals surface area contributed by atoms with Gasteiger partial charge in [0, 0.05) is 16.6 Å². The van der Waals surface area contributed by atoms with Crippen LogP contribution in [0.2, 0.25) is 10.0 Å². The molecule has 1 aromatic carbocycles. The molecule has 0 bridgehead atoms. The summed E-state index contributed by atoms with van der Waals surface area (Å²) in [5.41, 5.74) is 2.34. The molecule has 0 saturated carbocycles. The molecule has 0 aliphatic rings. The van der Waals surface area contributed by atoms with Crippen molar-refractivity contribution >= 4 is 34.1 Å². The predicted octanol–water partition coefficient (Wildman–Crippen LogP) is 7.16. The van der Waals surface area contributed by atoms with Crippen molar-refractivity contribution in [3.8, 4) is 0 Å². The second kappa shape index (κ2) is 8.70. The molecule has 2 rings (SSSR count). The molecule has 0 atom stereocenters. The fourth-order valence-electron chi connectivity index (χ4n) is 2.87. The Bertz CT molecular complexity index is 560. The Hall–Kier alpha value is -0.660. The van der Waals surface area contributed by atoms with Crippen LogP contribution in [0.4, 0.5) is 0 Å². The summed E-state index contributed by atoms with van der Waals surface area (Å²) < 4.78 is 0. The second-order valence-corrected chi connectivity index (χ2v) is 6.69. The van der Waals surface area contributed by atoms with Crippen LogP contribution in [0.1, 0.15) is 63.9 Å². The quantitative estimate of drug-likeness (QED) is 0.471. The third-order valence-electron chi connectivity index (χ3n) is 4.09. The van der Waals surface area contributed by atoms with Gasteiger partial charge in [-0.2, -0.15) is 0 Å². The Kier molecular flexibility index (Phi) is 6.92. The summed E-state index contributed by atoms with van der Waals surface area (Å²) in [5, 5.41) is 2.60. The number of fused-ring (bicyclic) bond motifs is 1. The lowest BCUT2D eigenvalue weighted by Gasteiger charge is -2.02. The Morgan fingerprint density at radius 1 is 0.905 bits per heavy atom.